The van der Waals surface area contributed by atoms with Crippen LogP contribution in [-0.4, -0.2) is 41.3 Å². The summed E-state index contributed by atoms with van der Waals surface area (Å²) in [4.78, 5) is 0. The number of benzene rings is 4. The molecule has 0 unspecified atom stereocenters. The van der Waals surface area contributed by atoms with Gasteiger partial charge in [-0.1, -0.05) is 59.5 Å². The van der Waals surface area contributed by atoms with E-state index in [1.54, 1.807) is 39.2 Å². The number of anilines is 2. The van der Waals surface area contributed by atoms with Crippen LogP contribution in [0.4, 0.5) is 20.2 Å². The molecular weight excluding hydrogens is 496 g/mol. The molecule has 198 valence electrons. The predicted molar refractivity (Wildman–Crippen MR) is 154 cm³/mol. The highest BCUT2D eigenvalue weighted by atomic mass is 19.1. The van der Waals surface area contributed by atoms with E-state index in [-0.39, 0.29) is 11.6 Å². The summed E-state index contributed by atoms with van der Waals surface area (Å²) in [6, 6.07) is 28.5. The molecule has 0 atom stereocenters. The summed E-state index contributed by atoms with van der Waals surface area (Å²) in [7, 11) is 3.45. The van der Waals surface area contributed by atoms with Crippen LogP contribution in [0.3, 0.4) is 0 Å². The minimum atomic E-state index is -0.254. The maximum atomic E-state index is 13.0. The van der Waals surface area contributed by atoms with Crippen molar-refractivity contribution in [2.75, 3.05) is 36.9 Å². The number of nitrogens with one attached hydrogen (secondary N) is 2. The van der Waals surface area contributed by atoms with Gasteiger partial charge in [-0.15, -0.1) is 0 Å². The standard InChI is InChI=1S/C30H30B2F2N2O3/c33-27-7-11-29(12-8-27)35-15-17-38-31-25-5-1-3-23(19-25)21-37-22-24-4-2-6-26(20-24)32-39-18-16-36-30-13-9-28(34)10-14-30/h1-14,19-20,35-36H,15-18,21-22H2. The average molecular weight is 526 g/mol. The van der Waals surface area contributed by atoms with Crippen LogP contribution >= 0.6 is 0 Å². The number of rotatable bonds is 16. The second-order valence-corrected chi connectivity index (χ2v) is 8.83. The monoisotopic (exact) mass is 526 g/mol. The van der Waals surface area contributed by atoms with E-state index >= 15 is 0 Å². The van der Waals surface area contributed by atoms with E-state index in [9.17, 15) is 8.78 Å². The van der Waals surface area contributed by atoms with E-state index in [2.05, 4.69) is 10.6 Å². The number of ether oxygens (including phenoxy) is 1. The summed E-state index contributed by atoms with van der Waals surface area (Å²) in [5, 5.41) is 6.37. The molecule has 0 aromatic heterocycles. The highest BCUT2D eigenvalue weighted by Crippen LogP contribution is 2.09. The van der Waals surface area contributed by atoms with Gasteiger partial charge >= 0.3 is 15.0 Å². The fourth-order valence-electron chi connectivity index (χ4n) is 3.75. The molecule has 0 fully saturated rings. The van der Waals surface area contributed by atoms with Crippen LogP contribution in [-0.2, 0) is 27.3 Å². The van der Waals surface area contributed by atoms with E-state index in [0.717, 1.165) is 33.4 Å². The molecule has 4 rings (SSSR count). The summed E-state index contributed by atoms with van der Waals surface area (Å²) >= 11 is 0. The molecule has 0 saturated carbocycles. The van der Waals surface area contributed by atoms with Crippen LogP contribution < -0.4 is 21.6 Å². The third-order valence-electron chi connectivity index (χ3n) is 5.66. The summed E-state index contributed by atoms with van der Waals surface area (Å²) in [5.74, 6) is -0.507. The highest BCUT2D eigenvalue weighted by molar-refractivity contribution is 6.47. The lowest BCUT2D eigenvalue weighted by Crippen LogP contribution is -2.21. The van der Waals surface area contributed by atoms with Crippen LogP contribution in [0.1, 0.15) is 11.1 Å². The van der Waals surface area contributed by atoms with Gasteiger partial charge in [-0.05, 0) is 59.7 Å². The Morgan fingerprint density at radius 2 is 1.00 bits per heavy atom. The zero-order valence-electron chi connectivity index (χ0n) is 21.6. The normalized spacial score (nSPS) is 10.7. The van der Waals surface area contributed by atoms with Crippen molar-refractivity contribution in [2.24, 2.45) is 0 Å². The largest absolute Gasteiger partial charge is 0.432 e. The Hall–Kier alpha value is -3.65. The fraction of sp³-hybridized carbons (Fsp3) is 0.200. The Morgan fingerprint density at radius 3 is 1.44 bits per heavy atom. The van der Waals surface area contributed by atoms with E-state index in [1.165, 1.54) is 24.3 Å². The minimum Gasteiger partial charge on any atom is -0.432 e. The van der Waals surface area contributed by atoms with Crippen molar-refractivity contribution < 1.29 is 22.8 Å². The molecule has 39 heavy (non-hydrogen) atoms. The van der Waals surface area contributed by atoms with Gasteiger partial charge in [-0.2, -0.15) is 0 Å². The topological polar surface area (TPSA) is 51.8 Å². The molecular formula is C30H30B2F2N2O3. The summed E-state index contributed by atoms with van der Waals surface area (Å²) in [6.07, 6.45) is 0. The van der Waals surface area contributed by atoms with Crippen molar-refractivity contribution in [3.63, 3.8) is 0 Å². The quantitative estimate of drug-likeness (QED) is 0.167. The highest BCUT2D eigenvalue weighted by Gasteiger charge is 2.03. The summed E-state index contributed by atoms with van der Waals surface area (Å²) in [5.41, 5.74) is 5.73. The third-order valence-corrected chi connectivity index (χ3v) is 5.66. The van der Waals surface area contributed by atoms with Crippen LogP contribution in [0.25, 0.3) is 0 Å². The van der Waals surface area contributed by atoms with Gasteiger partial charge in [0.1, 0.15) is 11.6 Å². The van der Waals surface area contributed by atoms with Crippen molar-refractivity contribution in [2.45, 2.75) is 13.2 Å². The molecule has 0 aliphatic carbocycles. The first kappa shape index (κ1) is 28.4. The maximum absolute atomic E-state index is 13.0. The molecule has 2 N–H and O–H groups in total. The van der Waals surface area contributed by atoms with Crippen LogP contribution in [0.5, 0.6) is 0 Å². The third kappa shape index (κ3) is 10.6. The zero-order chi connectivity index (χ0) is 27.1. The molecule has 5 nitrogen and oxygen atoms in total. The van der Waals surface area contributed by atoms with Crippen molar-refractivity contribution in [1.82, 2.24) is 0 Å². The molecule has 0 heterocycles. The molecule has 2 radical (unpaired) electrons. The maximum Gasteiger partial charge on any atom is 0.330 e. The fourth-order valence-corrected chi connectivity index (χ4v) is 3.75. The SMILES string of the molecule is Fc1ccc(NCCO[B]c2cccc(COCc3cccc([B]OCCNc4ccc(F)cc4)c3)c2)cc1. The van der Waals surface area contributed by atoms with E-state index in [1.807, 2.05) is 48.5 Å². The van der Waals surface area contributed by atoms with Crippen molar-refractivity contribution >= 4 is 37.3 Å². The molecule has 0 amide bonds. The van der Waals surface area contributed by atoms with Crippen LogP contribution in [0, 0.1) is 11.6 Å². The van der Waals surface area contributed by atoms with Gasteiger partial charge in [0.05, 0.1) is 13.2 Å². The first-order valence-electron chi connectivity index (χ1n) is 12.8. The van der Waals surface area contributed by atoms with Gasteiger partial charge in [0.25, 0.3) is 0 Å². The van der Waals surface area contributed by atoms with Gasteiger partial charge in [-0.3, -0.25) is 0 Å². The van der Waals surface area contributed by atoms with E-state index in [4.69, 9.17) is 14.0 Å². The van der Waals surface area contributed by atoms with Gasteiger partial charge < -0.3 is 24.7 Å². The lowest BCUT2D eigenvalue weighted by molar-refractivity contribution is 0.107. The lowest BCUT2D eigenvalue weighted by atomic mass is 9.87. The van der Waals surface area contributed by atoms with Crippen molar-refractivity contribution in [3.8, 4) is 0 Å². The van der Waals surface area contributed by atoms with Crippen LogP contribution in [0.15, 0.2) is 97.1 Å². The van der Waals surface area contributed by atoms with Gasteiger partial charge in [0.15, 0.2) is 0 Å². The Morgan fingerprint density at radius 1 is 0.564 bits per heavy atom. The Balaban J connectivity index is 1.10. The first-order chi connectivity index (χ1) is 19.1. The van der Waals surface area contributed by atoms with Gasteiger partial charge in [0, 0.05) is 37.7 Å². The van der Waals surface area contributed by atoms with Crippen LogP contribution in [0.2, 0.25) is 0 Å². The Labute approximate surface area is 230 Å². The van der Waals surface area contributed by atoms with Gasteiger partial charge in [0.2, 0.25) is 0 Å². The number of halogens is 2. The molecule has 4 aromatic rings. The first-order valence-corrected chi connectivity index (χ1v) is 12.8. The zero-order valence-corrected chi connectivity index (χ0v) is 21.6. The minimum absolute atomic E-state index is 0.254. The summed E-state index contributed by atoms with van der Waals surface area (Å²) < 4.78 is 43.1. The lowest BCUT2D eigenvalue weighted by Gasteiger charge is -2.09. The molecule has 0 aliphatic heterocycles. The Kier molecular flexibility index (Phi) is 11.4. The smallest absolute Gasteiger partial charge is 0.330 e. The Bertz CT molecular complexity index is 1180. The summed E-state index contributed by atoms with van der Waals surface area (Å²) in [6.45, 7) is 3.15. The van der Waals surface area contributed by atoms with E-state index < -0.39 is 0 Å². The van der Waals surface area contributed by atoms with E-state index in [0.29, 0.717) is 39.5 Å². The average Bonchev–Trinajstić information content (AvgIpc) is 2.95. The molecule has 4 aromatic carbocycles. The molecule has 0 bridgehead atoms. The molecule has 0 aliphatic rings. The molecule has 0 spiro atoms. The number of hydrogen-bond acceptors (Lipinski definition) is 5. The number of hydrogen-bond donors (Lipinski definition) is 2. The second-order valence-electron chi connectivity index (χ2n) is 8.83. The van der Waals surface area contributed by atoms with Crippen molar-refractivity contribution in [1.29, 1.82) is 0 Å². The van der Waals surface area contributed by atoms with Gasteiger partial charge in [-0.25, -0.2) is 8.78 Å². The molecule has 0 saturated heterocycles. The predicted octanol–water partition coefficient (Wildman–Crippen LogP) is 4.43. The second kappa shape index (κ2) is 15.7. The molecule has 9 heteroatoms. The van der Waals surface area contributed by atoms with Crippen molar-refractivity contribution in [3.05, 3.63) is 120 Å².